The van der Waals surface area contributed by atoms with Gasteiger partial charge in [0.1, 0.15) is 42.1 Å². The van der Waals surface area contributed by atoms with Crippen LogP contribution in [0.25, 0.3) is 27.9 Å². The van der Waals surface area contributed by atoms with Crippen LogP contribution < -0.4 is 46.0 Å². The van der Waals surface area contributed by atoms with Crippen molar-refractivity contribution < 1.29 is 80.9 Å². The van der Waals surface area contributed by atoms with Crippen molar-refractivity contribution in [3.63, 3.8) is 0 Å². The third-order valence-corrected chi connectivity index (χ3v) is 18.3. The number of aliphatic hydroxyl groups excluding tert-OH is 1. The molecule has 4 aliphatic rings. The number of phosphoric ester groups is 1. The number of nitrogens with one attached hydrogen (secondary N) is 3. The molecule has 426 valence electrons. The number of allylic oxidation sites excluding steroid dienone is 2. The molecule has 0 spiro atoms. The lowest BCUT2D eigenvalue weighted by molar-refractivity contribution is -0.0521. The maximum Gasteiger partial charge on any atom is 0.480 e. The first-order chi connectivity index (χ1) is 37.4. The van der Waals surface area contributed by atoms with Crippen LogP contribution in [0.5, 0.6) is 11.5 Å². The quantitative estimate of drug-likeness (QED) is 0.0352. The predicted octanol–water partition coefficient (Wildman–Crippen LogP) is 3.89. The van der Waals surface area contributed by atoms with Gasteiger partial charge in [0.05, 0.1) is 30.1 Å². The van der Waals surface area contributed by atoms with E-state index < -0.39 is 72.4 Å². The fourth-order valence-corrected chi connectivity index (χ4v) is 14.4. The molecule has 30 heteroatoms. The minimum atomic E-state index is -5.65. The maximum absolute atomic E-state index is 14.1. The molecule has 2 aromatic heterocycles. The Balaban J connectivity index is 0.980. The van der Waals surface area contributed by atoms with Crippen LogP contribution in [0.4, 0.5) is 16.3 Å². The van der Waals surface area contributed by atoms with Crippen LogP contribution in [0.1, 0.15) is 105 Å². The van der Waals surface area contributed by atoms with Crippen LogP contribution in [-0.2, 0) is 32.0 Å². The normalized spacial score (nSPS) is 21.4. The zero-order valence-electron chi connectivity index (χ0n) is 44.5. The fraction of sp³-hybridized carbons (Fsp3) is 0.380. The van der Waals surface area contributed by atoms with Crippen LogP contribution in [0.15, 0.2) is 67.3 Å². The molecule has 0 aliphatic carbocycles. The van der Waals surface area contributed by atoms with Gasteiger partial charge in [-0.2, -0.15) is 4.31 Å². The minimum absolute atomic E-state index is 0.0364. The number of carboxylic acids is 1. The highest BCUT2D eigenvalue weighted by Gasteiger charge is 2.50. The monoisotopic (exact) mass is 1170 g/mol. The Kier molecular flexibility index (Phi) is 15.4. The predicted molar refractivity (Wildman–Crippen MR) is 290 cm³/mol. The number of amides is 2. The van der Waals surface area contributed by atoms with Gasteiger partial charge in [0.25, 0.3) is 5.91 Å². The highest BCUT2D eigenvalue weighted by molar-refractivity contribution is 7.70. The summed E-state index contributed by atoms with van der Waals surface area (Å²) in [5.74, 6) is -0.900. The summed E-state index contributed by atoms with van der Waals surface area (Å²) in [4.78, 5) is 93.9. The van der Waals surface area contributed by atoms with E-state index in [2.05, 4.69) is 93.1 Å². The SMILES string of the molecule is CCN1c2cc3c(cc2C(C)=CC1(C)C)C(c1cc(C(=O)NCCNC(=O)O[C@@H]2[C@H](O)[C@@H](COP(=O)(O)OP(=O)(O)NP(=O)(O)O)O[C@H]2n2cnc4c(N)ncnc42)ccc1C(=O)O)=c1cc2c(cc1O3)=[N+](CC)C(C)(C)C=C2C. The number of fused-ring (bicyclic) bond motifs is 5. The van der Waals surface area contributed by atoms with Crippen molar-refractivity contribution in [2.75, 3.05) is 43.4 Å². The number of aromatic carboxylic acids is 1. The molecule has 9 rings (SSSR count). The molecule has 11 N–H and O–H groups in total. The molecule has 6 atom stereocenters. The molecular weight excluding hydrogens is 1110 g/mol. The Morgan fingerprint density at radius 3 is 2.27 bits per heavy atom. The molecule has 0 bridgehead atoms. The number of benzene rings is 3. The second-order valence-corrected chi connectivity index (χ2v) is 25.2. The standard InChI is InChI=1S/C50H59N10O17P3/c1-9-59-34-18-36-32(16-29(34)25(3)20-49(59,5)6)39(33-17-30-26(4)21-50(7,8)60(10-2)35(30)19-37(33)74-36)31-15-27(11-12-28(31)47(63)64)45(62)52-13-14-53-48(65)76-42-41(61)38(22-73-80(71,72)77-79(69,70)57-78(66,67)68)75-46(42)58-24-56-40-43(51)54-23-55-44(40)58/h11-12,15-21,23-24,38,41-42,46,61H,9-10,13-14,22H2,1-8H3,(H9-,51,52,53,54,55,57,62,63,64,65,66,67,68,69,70,71,72)/p+1/t38-,41-,42-,46-/m1/s1. The summed E-state index contributed by atoms with van der Waals surface area (Å²) in [5, 5.41) is 29.0. The van der Waals surface area contributed by atoms with Crippen molar-refractivity contribution in [3.05, 3.63) is 111 Å². The molecule has 2 unspecified atom stereocenters. The van der Waals surface area contributed by atoms with E-state index in [4.69, 9.17) is 34.3 Å². The zero-order valence-corrected chi connectivity index (χ0v) is 47.2. The molecule has 0 saturated carbocycles. The van der Waals surface area contributed by atoms with Crippen molar-refractivity contribution in [1.82, 2.24) is 39.6 Å². The van der Waals surface area contributed by atoms with E-state index in [0.717, 1.165) is 44.5 Å². The van der Waals surface area contributed by atoms with Gasteiger partial charge in [-0.3, -0.25) is 13.9 Å². The highest BCUT2D eigenvalue weighted by atomic mass is 31.3. The summed E-state index contributed by atoms with van der Waals surface area (Å²) in [6.07, 6.45) is -1.25. The zero-order chi connectivity index (χ0) is 58.2. The van der Waals surface area contributed by atoms with Crippen molar-refractivity contribution in [2.45, 2.75) is 91.0 Å². The molecular formula is C50H60N10O17P3+. The Hall–Kier alpha value is -6.70. The number of anilines is 2. The van der Waals surface area contributed by atoms with Gasteiger partial charge in [0.15, 0.2) is 29.3 Å². The number of rotatable bonds is 17. The van der Waals surface area contributed by atoms with Crippen molar-refractivity contribution in [2.24, 2.45) is 0 Å². The lowest BCUT2D eigenvalue weighted by Crippen LogP contribution is -2.49. The molecule has 80 heavy (non-hydrogen) atoms. The van der Waals surface area contributed by atoms with E-state index in [0.29, 0.717) is 40.9 Å². The Bertz CT molecular complexity index is 3770. The molecule has 5 aromatic rings. The number of ether oxygens (including phenoxy) is 3. The van der Waals surface area contributed by atoms with Gasteiger partial charge < -0.3 is 65.3 Å². The first kappa shape index (κ1) is 58.0. The molecule has 2 amide bonds. The second-order valence-electron chi connectivity index (χ2n) is 20.4. The van der Waals surface area contributed by atoms with E-state index in [-0.39, 0.29) is 57.8 Å². The summed E-state index contributed by atoms with van der Waals surface area (Å²) in [6, 6.07) is 12.3. The van der Waals surface area contributed by atoms with Crippen molar-refractivity contribution in [3.8, 4) is 11.5 Å². The van der Waals surface area contributed by atoms with E-state index in [1.165, 1.54) is 29.1 Å². The maximum atomic E-state index is 14.1. The fourth-order valence-electron chi connectivity index (χ4n) is 10.9. The van der Waals surface area contributed by atoms with Crippen LogP contribution >= 0.6 is 23.3 Å². The summed E-state index contributed by atoms with van der Waals surface area (Å²) in [6.45, 7) is 16.6. The second kappa shape index (κ2) is 21.3. The van der Waals surface area contributed by atoms with Gasteiger partial charge in [-0.1, -0.05) is 6.08 Å². The number of nitrogens with zero attached hydrogens (tertiary/aromatic N) is 6. The third-order valence-electron chi connectivity index (χ3n) is 14.1. The summed E-state index contributed by atoms with van der Waals surface area (Å²) in [7, 11) is -16.7. The van der Waals surface area contributed by atoms with Gasteiger partial charge in [0.2, 0.25) is 5.36 Å². The summed E-state index contributed by atoms with van der Waals surface area (Å²) >= 11 is 0. The number of carbonyl (C=O) groups excluding carboxylic acids is 2. The number of carbonyl (C=O) groups is 3. The first-order valence-corrected chi connectivity index (χ1v) is 29.7. The number of aliphatic hydroxyl groups is 1. The van der Waals surface area contributed by atoms with E-state index in [9.17, 15) is 48.1 Å². The lowest BCUT2D eigenvalue weighted by Gasteiger charge is -2.43. The number of hydrogen-bond donors (Lipinski definition) is 10. The average Bonchev–Trinajstić information content (AvgIpc) is 3.92. The third kappa shape index (κ3) is 11.3. The number of imidazole rings is 1. The number of aromatic nitrogens is 4. The molecule has 3 aromatic carbocycles. The summed E-state index contributed by atoms with van der Waals surface area (Å²) < 4.78 is 66.4. The van der Waals surface area contributed by atoms with E-state index >= 15 is 0 Å². The van der Waals surface area contributed by atoms with Gasteiger partial charge in [-0.25, -0.2) is 42.8 Å². The number of carboxylic acid groups (broad SMARTS) is 1. The number of nitrogens with two attached hydrogens (primary N) is 1. The van der Waals surface area contributed by atoms with Crippen molar-refractivity contribution in [1.29, 1.82) is 0 Å². The first-order valence-electron chi connectivity index (χ1n) is 25.0. The van der Waals surface area contributed by atoms with Gasteiger partial charge >= 0.3 is 35.4 Å². The van der Waals surface area contributed by atoms with Crippen molar-refractivity contribution >= 4 is 80.7 Å². The molecule has 6 heterocycles. The largest absolute Gasteiger partial charge is 0.480 e. The van der Waals surface area contributed by atoms with Gasteiger partial charge in [-0.05, 0) is 94.7 Å². The average molecular weight is 1170 g/mol. The number of nitrogen functional groups attached to an aromatic ring is 1. The van der Waals surface area contributed by atoms with Gasteiger partial charge in [-0.15, -0.1) is 4.86 Å². The van der Waals surface area contributed by atoms with Crippen LogP contribution in [0.3, 0.4) is 0 Å². The van der Waals surface area contributed by atoms with E-state index in [1.54, 1.807) is 0 Å². The molecule has 0 radical (unpaired) electrons. The number of alkyl carbamates (subject to hydrolysis) is 1. The molecule has 1 fully saturated rings. The molecule has 1 saturated heterocycles. The minimum Gasteiger partial charge on any atom is -0.478 e. The number of hydrogen-bond acceptors (Lipinski definition) is 17. The Morgan fingerprint density at radius 2 is 1.59 bits per heavy atom. The molecule has 27 nitrogen and oxygen atoms in total. The van der Waals surface area contributed by atoms with E-state index in [1.807, 2.05) is 38.1 Å². The summed E-state index contributed by atoms with van der Waals surface area (Å²) in [5.41, 5.74) is 11.7. The molecule has 4 aliphatic heterocycles. The number of likely N-dealkylation sites (N-methyl/N-ethyl adjacent to an activating group) is 2. The van der Waals surface area contributed by atoms with Crippen LogP contribution in [0.2, 0.25) is 0 Å². The Labute approximate surface area is 456 Å². The van der Waals surface area contributed by atoms with Gasteiger partial charge in [0, 0.05) is 78.3 Å². The highest BCUT2D eigenvalue weighted by Crippen LogP contribution is 2.61. The lowest BCUT2D eigenvalue weighted by atomic mass is 9.83. The topological polar surface area (TPSA) is 382 Å². The number of phosphoric acid groups is 1. The van der Waals surface area contributed by atoms with Crippen LogP contribution in [-0.4, -0.2) is 129 Å². The Morgan fingerprint density at radius 1 is 0.875 bits per heavy atom. The van der Waals surface area contributed by atoms with Crippen LogP contribution in [0, 0.1) is 0 Å². The smallest absolute Gasteiger partial charge is 0.478 e.